The lowest BCUT2D eigenvalue weighted by atomic mass is 10.0. The van der Waals surface area contributed by atoms with E-state index in [-0.39, 0.29) is 12.5 Å². The number of fused-ring (bicyclic) bond motifs is 1. The van der Waals surface area contributed by atoms with E-state index < -0.39 is 11.4 Å². The van der Waals surface area contributed by atoms with E-state index in [1.807, 2.05) is 78.9 Å². The average Bonchev–Trinajstić information content (AvgIpc) is 3.33. The number of para-hydroxylation sites is 3. The van der Waals surface area contributed by atoms with E-state index in [9.17, 15) is 4.79 Å². The minimum atomic E-state index is -0.497. The summed E-state index contributed by atoms with van der Waals surface area (Å²) in [5.41, 5.74) is 2.74. The molecule has 3 aromatic carbocycles. The Bertz CT molecular complexity index is 1260. The molecule has 0 unspecified atom stereocenters. The second-order valence-electron chi connectivity index (χ2n) is 7.43. The fourth-order valence-corrected chi connectivity index (χ4v) is 4.13. The molecule has 0 saturated carbocycles. The van der Waals surface area contributed by atoms with Crippen molar-refractivity contribution in [3.05, 3.63) is 84.8 Å². The topological polar surface area (TPSA) is 86.5 Å². The Kier molecular flexibility index (Phi) is 5.99. The first-order valence-corrected chi connectivity index (χ1v) is 11.4. The molecule has 0 bridgehead atoms. The van der Waals surface area contributed by atoms with Crippen molar-refractivity contribution in [3.8, 4) is 22.6 Å². The fraction of sp³-hybridized carbons (Fsp3) is 0.160. The van der Waals surface area contributed by atoms with Crippen LogP contribution in [0.4, 0.5) is 5.69 Å². The molecule has 166 valence electrons. The third-order valence-corrected chi connectivity index (χ3v) is 6.06. The molecule has 1 aliphatic rings. The molecule has 1 aromatic heterocycles. The van der Waals surface area contributed by atoms with Gasteiger partial charge in [0.05, 0.1) is 5.25 Å². The van der Waals surface area contributed by atoms with E-state index in [1.54, 1.807) is 6.92 Å². The number of nitrogens with zero attached hydrogens (tertiary/aromatic N) is 2. The molecule has 5 rings (SSSR count). The van der Waals surface area contributed by atoms with Gasteiger partial charge >= 0.3 is 0 Å². The molecule has 1 amide bonds. The van der Waals surface area contributed by atoms with Crippen LogP contribution in [0, 0.1) is 0 Å². The van der Waals surface area contributed by atoms with Crippen molar-refractivity contribution in [2.75, 3.05) is 11.9 Å². The minimum absolute atomic E-state index is 0.158. The van der Waals surface area contributed by atoms with Crippen molar-refractivity contribution in [1.82, 2.24) is 10.2 Å². The molecular weight excluding hydrogens is 438 g/mol. The summed E-state index contributed by atoms with van der Waals surface area (Å²) in [5, 5.41) is 11.0. The van der Waals surface area contributed by atoms with Gasteiger partial charge in [-0.25, -0.2) is 0 Å². The van der Waals surface area contributed by atoms with Gasteiger partial charge in [-0.15, -0.1) is 10.2 Å². The highest BCUT2D eigenvalue weighted by atomic mass is 32.2. The lowest BCUT2D eigenvalue weighted by molar-refractivity contribution is -0.115. The predicted octanol–water partition coefficient (Wildman–Crippen LogP) is 5.37. The average molecular weight is 460 g/mol. The minimum Gasteiger partial charge on any atom is -0.485 e. The summed E-state index contributed by atoms with van der Waals surface area (Å²) in [6.07, 6.45) is -0.497. The summed E-state index contributed by atoms with van der Waals surface area (Å²) in [6.45, 7) is 2.07. The molecule has 0 saturated heterocycles. The zero-order valence-electron chi connectivity index (χ0n) is 17.8. The Morgan fingerprint density at radius 3 is 2.55 bits per heavy atom. The lowest BCUT2D eigenvalue weighted by Gasteiger charge is -2.23. The molecule has 7 nitrogen and oxygen atoms in total. The normalized spacial score (nSPS) is 15.6. The van der Waals surface area contributed by atoms with Crippen molar-refractivity contribution in [1.29, 1.82) is 0 Å². The number of hydrogen-bond acceptors (Lipinski definition) is 7. The van der Waals surface area contributed by atoms with E-state index in [4.69, 9.17) is 13.9 Å². The van der Waals surface area contributed by atoms with Gasteiger partial charge in [-0.2, -0.15) is 0 Å². The number of carbonyl (C=O) groups is 1. The Balaban J connectivity index is 1.24. The number of hydrogen-bond donors (Lipinski definition) is 1. The van der Waals surface area contributed by atoms with E-state index >= 15 is 0 Å². The maximum Gasteiger partial charge on any atom is 0.277 e. The molecule has 33 heavy (non-hydrogen) atoms. The zero-order chi connectivity index (χ0) is 22.6. The third-order valence-electron chi connectivity index (χ3n) is 5.12. The number of benzene rings is 3. The number of aromatic nitrogens is 2. The molecule has 2 atom stereocenters. The van der Waals surface area contributed by atoms with Gasteiger partial charge in [0.2, 0.25) is 12.0 Å². The number of thioether (sulfide) groups is 1. The van der Waals surface area contributed by atoms with Gasteiger partial charge in [-0.1, -0.05) is 72.4 Å². The van der Waals surface area contributed by atoms with Crippen LogP contribution < -0.4 is 14.8 Å². The van der Waals surface area contributed by atoms with E-state index in [2.05, 4.69) is 15.5 Å². The van der Waals surface area contributed by atoms with Crippen LogP contribution in [0.25, 0.3) is 11.1 Å². The SMILES string of the molecule is C[C@H](Sc1nnc([C@H]2COc3ccccc3O2)o1)C(=O)Nc1ccccc1-c1ccccc1. The summed E-state index contributed by atoms with van der Waals surface area (Å²) >= 11 is 1.19. The van der Waals surface area contributed by atoms with Crippen LogP contribution in [0.3, 0.4) is 0 Å². The van der Waals surface area contributed by atoms with Crippen LogP contribution in [0.5, 0.6) is 11.5 Å². The van der Waals surface area contributed by atoms with Gasteiger partial charge in [-0.3, -0.25) is 4.79 Å². The summed E-state index contributed by atoms with van der Waals surface area (Å²) in [7, 11) is 0. The molecule has 4 aromatic rings. The Morgan fingerprint density at radius 1 is 0.970 bits per heavy atom. The van der Waals surface area contributed by atoms with Crippen LogP contribution in [0.15, 0.2) is 88.5 Å². The number of carbonyl (C=O) groups excluding carboxylic acids is 1. The van der Waals surface area contributed by atoms with Crippen molar-refractivity contribution in [3.63, 3.8) is 0 Å². The van der Waals surface area contributed by atoms with Gasteiger partial charge in [0, 0.05) is 11.3 Å². The number of ether oxygens (including phenoxy) is 2. The van der Waals surface area contributed by atoms with Crippen LogP contribution in [0.2, 0.25) is 0 Å². The molecule has 2 heterocycles. The van der Waals surface area contributed by atoms with Gasteiger partial charge in [0.1, 0.15) is 6.61 Å². The van der Waals surface area contributed by atoms with Gasteiger partial charge in [-0.05, 0) is 30.7 Å². The first kappa shape index (κ1) is 21.1. The first-order valence-electron chi connectivity index (χ1n) is 10.5. The molecule has 0 aliphatic carbocycles. The Labute approximate surface area is 195 Å². The van der Waals surface area contributed by atoms with Crippen molar-refractivity contribution >= 4 is 23.4 Å². The lowest BCUT2D eigenvalue weighted by Crippen LogP contribution is -2.22. The molecule has 0 spiro atoms. The zero-order valence-corrected chi connectivity index (χ0v) is 18.6. The smallest absolute Gasteiger partial charge is 0.277 e. The first-order chi connectivity index (χ1) is 16.2. The van der Waals surface area contributed by atoms with Crippen LogP contribution in [-0.4, -0.2) is 28.0 Å². The molecule has 8 heteroatoms. The summed E-state index contributed by atoms with van der Waals surface area (Å²) in [6, 6.07) is 25.1. The Hall–Kier alpha value is -3.78. The van der Waals surface area contributed by atoms with Gasteiger partial charge in [0.25, 0.3) is 11.1 Å². The highest BCUT2D eigenvalue weighted by Gasteiger charge is 2.28. The van der Waals surface area contributed by atoms with Crippen LogP contribution in [-0.2, 0) is 4.79 Å². The number of anilines is 1. The van der Waals surface area contributed by atoms with Crippen LogP contribution >= 0.6 is 11.8 Å². The largest absolute Gasteiger partial charge is 0.485 e. The van der Waals surface area contributed by atoms with E-state index in [0.29, 0.717) is 22.6 Å². The molecule has 1 N–H and O–H groups in total. The van der Waals surface area contributed by atoms with Crippen molar-refractivity contribution in [2.24, 2.45) is 0 Å². The number of amides is 1. The number of nitrogens with one attached hydrogen (secondary N) is 1. The third kappa shape index (κ3) is 4.70. The fourth-order valence-electron chi connectivity index (χ4n) is 3.44. The van der Waals surface area contributed by atoms with Crippen molar-refractivity contribution in [2.45, 2.75) is 23.5 Å². The highest BCUT2D eigenvalue weighted by molar-refractivity contribution is 8.00. The summed E-state index contributed by atoms with van der Waals surface area (Å²) in [4.78, 5) is 12.9. The Morgan fingerprint density at radius 2 is 1.70 bits per heavy atom. The van der Waals surface area contributed by atoms with Gasteiger partial charge < -0.3 is 19.2 Å². The van der Waals surface area contributed by atoms with E-state index in [0.717, 1.165) is 16.8 Å². The maximum atomic E-state index is 12.9. The summed E-state index contributed by atoms with van der Waals surface area (Å²) in [5.74, 6) is 1.47. The second kappa shape index (κ2) is 9.38. The van der Waals surface area contributed by atoms with Crippen molar-refractivity contribution < 1.29 is 18.7 Å². The summed E-state index contributed by atoms with van der Waals surface area (Å²) < 4.78 is 17.4. The molecule has 1 aliphatic heterocycles. The van der Waals surface area contributed by atoms with E-state index in [1.165, 1.54) is 11.8 Å². The predicted molar refractivity (Wildman–Crippen MR) is 125 cm³/mol. The molecule has 0 radical (unpaired) electrons. The molecular formula is C25H21N3O4S. The quantitative estimate of drug-likeness (QED) is 0.388. The van der Waals surface area contributed by atoms with Gasteiger partial charge in [0.15, 0.2) is 11.5 Å². The molecule has 0 fully saturated rings. The van der Waals surface area contributed by atoms with Crippen LogP contribution in [0.1, 0.15) is 18.9 Å². The highest BCUT2D eigenvalue weighted by Crippen LogP contribution is 2.36. The standard InChI is InChI=1S/C25H21N3O4S/c1-16(23(29)26-19-12-6-5-11-18(19)17-9-3-2-4-10-17)33-25-28-27-24(32-25)22-15-30-20-13-7-8-14-21(20)31-22/h2-14,16,22H,15H2,1H3,(H,26,29)/t16-,22+/m0/s1. The number of rotatable bonds is 6. The monoisotopic (exact) mass is 459 g/mol. The maximum absolute atomic E-state index is 12.9. The second-order valence-corrected chi connectivity index (χ2v) is 8.72.